The Labute approximate surface area is 312 Å². The van der Waals surface area contributed by atoms with Crippen LogP contribution in [-0.4, -0.2) is 13.7 Å². The van der Waals surface area contributed by atoms with E-state index in [1.54, 1.807) is 0 Å². The molecule has 0 aliphatic carbocycles. The summed E-state index contributed by atoms with van der Waals surface area (Å²) in [6.07, 6.45) is 2.19. The smallest absolute Gasteiger partial charge is 0.0788 e. The molecule has 54 heavy (non-hydrogen) atoms. The second kappa shape index (κ2) is 12.1. The van der Waals surface area contributed by atoms with E-state index in [1.165, 1.54) is 54.5 Å². The fourth-order valence-electron chi connectivity index (χ4n) is 8.50. The molecule has 0 fully saturated rings. The minimum atomic E-state index is 1.08. The van der Waals surface area contributed by atoms with Crippen molar-refractivity contribution < 1.29 is 0 Å². The van der Waals surface area contributed by atoms with Crippen LogP contribution in [0.3, 0.4) is 0 Å². The lowest BCUT2D eigenvalue weighted by Crippen LogP contribution is -2.10. The minimum absolute atomic E-state index is 1.08. The number of rotatable bonds is 6. The fourth-order valence-corrected chi connectivity index (χ4v) is 8.50. The molecule has 11 rings (SSSR count). The van der Waals surface area contributed by atoms with Gasteiger partial charge in [0, 0.05) is 67.3 Å². The highest BCUT2D eigenvalue weighted by Gasteiger charge is 2.21. The standard InChI is InChI=1S/C50H34N4/c1-4-15-36(16-5-1)51-32-31-35-27-29-44-42-23-10-13-26-47(42)54(50(44)49(35)51)40-22-14-21-39(33-40)52(37-17-6-2-7-18-37)41-28-30-48-45(34-41)43-24-11-12-25-46(43)53(48)38-19-8-3-9-20-38/h1-34H. The molecule has 0 amide bonds. The maximum absolute atomic E-state index is 2.45. The van der Waals surface area contributed by atoms with Gasteiger partial charge in [0.2, 0.25) is 0 Å². The van der Waals surface area contributed by atoms with Crippen molar-refractivity contribution in [2.45, 2.75) is 0 Å². The van der Waals surface area contributed by atoms with Crippen molar-refractivity contribution in [1.82, 2.24) is 13.7 Å². The Morgan fingerprint density at radius 2 is 0.889 bits per heavy atom. The summed E-state index contributed by atoms with van der Waals surface area (Å²) in [6.45, 7) is 0. The van der Waals surface area contributed by atoms with E-state index in [0.717, 1.165) is 34.1 Å². The second-order valence-corrected chi connectivity index (χ2v) is 13.9. The quantitative estimate of drug-likeness (QED) is 0.170. The van der Waals surface area contributed by atoms with E-state index in [-0.39, 0.29) is 0 Å². The van der Waals surface area contributed by atoms with Crippen molar-refractivity contribution in [3.05, 3.63) is 206 Å². The van der Waals surface area contributed by atoms with Crippen molar-refractivity contribution in [2.24, 2.45) is 0 Å². The lowest BCUT2D eigenvalue weighted by atomic mass is 10.1. The molecule has 0 N–H and O–H groups in total. The summed E-state index contributed by atoms with van der Waals surface area (Å²) < 4.78 is 7.15. The number of benzene rings is 8. The highest BCUT2D eigenvalue weighted by atomic mass is 15.1. The van der Waals surface area contributed by atoms with Gasteiger partial charge in [-0.1, -0.05) is 109 Å². The maximum atomic E-state index is 2.45. The Kier molecular flexibility index (Phi) is 6.82. The van der Waals surface area contributed by atoms with Gasteiger partial charge in [-0.25, -0.2) is 0 Å². The SMILES string of the molecule is c1ccc(N(c2cccc(-n3c4ccccc4c4ccc5ccn(-c6ccccc6)c5c43)c2)c2ccc3c(c2)c2ccccc2n3-c2ccccc2)cc1. The Balaban J connectivity index is 1.15. The molecular formula is C50H34N4. The third-order valence-corrected chi connectivity index (χ3v) is 10.8. The van der Waals surface area contributed by atoms with Gasteiger partial charge < -0.3 is 18.6 Å². The molecular weight excluding hydrogens is 657 g/mol. The van der Waals surface area contributed by atoms with E-state index >= 15 is 0 Å². The number of fused-ring (bicyclic) bond motifs is 8. The Morgan fingerprint density at radius 3 is 1.65 bits per heavy atom. The number of hydrogen-bond acceptors (Lipinski definition) is 1. The zero-order chi connectivity index (χ0) is 35.6. The molecule has 254 valence electrons. The van der Waals surface area contributed by atoms with Crippen molar-refractivity contribution >= 4 is 71.6 Å². The van der Waals surface area contributed by atoms with Crippen LogP contribution in [-0.2, 0) is 0 Å². The Bertz CT molecular complexity index is 3150. The van der Waals surface area contributed by atoms with Crippen LogP contribution in [0.15, 0.2) is 206 Å². The second-order valence-electron chi connectivity index (χ2n) is 13.9. The summed E-state index contributed by atoms with van der Waals surface area (Å²) >= 11 is 0. The van der Waals surface area contributed by atoms with E-state index in [2.05, 4.69) is 225 Å². The first kappa shape index (κ1) is 30.3. The van der Waals surface area contributed by atoms with Gasteiger partial charge in [0.1, 0.15) is 0 Å². The van der Waals surface area contributed by atoms with Gasteiger partial charge in [0.15, 0.2) is 0 Å². The number of nitrogens with zero attached hydrogens (tertiary/aromatic N) is 4. The van der Waals surface area contributed by atoms with Crippen LogP contribution in [0, 0.1) is 0 Å². The molecule has 0 saturated carbocycles. The van der Waals surface area contributed by atoms with Gasteiger partial charge in [-0.05, 0) is 91.0 Å². The monoisotopic (exact) mass is 690 g/mol. The molecule has 3 aromatic heterocycles. The van der Waals surface area contributed by atoms with Crippen molar-refractivity contribution in [3.63, 3.8) is 0 Å². The minimum Gasteiger partial charge on any atom is -0.315 e. The van der Waals surface area contributed by atoms with E-state index in [0.29, 0.717) is 0 Å². The van der Waals surface area contributed by atoms with Crippen LogP contribution in [0.1, 0.15) is 0 Å². The number of anilines is 3. The molecule has 0 saturated heterocycles. The highest BCUT2D eigenvalue weighted by Crippen LogP contribution is 2.42. The summed E-state index contributed by atoms with van der Waals surface area (Å²) in [5, 5.41) is 6.13. The van der Waals surface area contributed by atoms with Crippen LogP contribution in [0.25, 0.3) is 71.6 Å². The van der Waals surface area contributed by atoms with E-state index in [1.807, 2.05) is 0 Å². The molecule has 0 aliphatic heterocycles. The summed E-state index contributed by atoms with van der Waals surface area (Å²) in [5.74, 6) is 0. The molecule has 8 aromatic carbocycles. The number of hydrogen-bond donors (Lipinski definition) is 0. The van der Waals surface area contributed by atoms with Crippen molar-refractivity contribution in [3.8, 4) is 17.1 Å². The predicted molar refractivity (Wildman–Crippen MR) is 227 cm³/mol. The van der Waals surface area contributed by atoms with Crippen LogP contribution in [0.2, 0.25) is 0 Å². The van der Waals surface area contributed by atoms with E-state index in [4.69, 9.17) is 0 Å². The number of para-hydroxylation sites is 5. The van der Waals surface area contributed by atoms with Gasteiger partial charge in [0.25, 0.3) is 0 Å². The molecule has 11 aromatic rings. The third kappa shape index (κ3) is 4.64. The summed E-state index contributed by atoms with van der Waals surface area (Å²) in [7, 11) is 0. The van der Waals surface area contributed by atoms with Crippen molar-refractivity contribution in [2.75, 3.05) is 4.90 Å². The van der Waals surface area contributed by atoms with Gasteiger partial charge in [-0.2, -0.15) is 0 Å². The zero-order valence-electron chi connectivity index (χ0n) is 29.4. The largest absolute Gasteiger partial charge is 0.315 e. The molecule has 3 heterocycles. The molecule has 0 unspecified atom stereocenters. The average molecular weight is 691 g/mol. The lowest BCUT2D eigenvalue weighted by Gasteiger charge is -2.26. The molecule has 0 aliphatic rings. The average Bonchev–Trinajstić information content (AvgIpc) is 3.92. The van der Waals surface area contributed by atoms with E-state index in [9.17, 15) is 0 Å². The van der Waals surface area contributed by atoms with Crippen LogP contribution in [0.5, 0.6) is 0 Å². The Hall–Kier alpha value is -7.30. The summed E-state index contributed by atoms with van der Waals surface area (Å²) in [4.78, 5) is 2.38. The number of aromatic nitrogens is 3. The lowest BCUT2D eigenvalue weighted by molar-refractivity contribution is 1.11. The van der Waals surface area contributed by atoms with Crippen LogP contribution < -0.4 is 4.90 Å². The van der Waals surface area contributed by atoms with Gasteiger partial charge in [0.05, 0.1) is 27.6 Å². The molecule has 4 heteroatoms. The summed E-state index contributed by atoms with van der Waals surface area (Å²) in [6, 6.07) is 72.2. The summed E-state index contributed by atoms with van der Waals surface area (Å²) in [5.41, 5.74) is 12.6. The normalized spacial score (nSPS) is 11.7. The molecule has 0 radical (unpaired) electrons. The van der Waals surface area contributed by atoms with Gasteiger partial charge in [-0.15, -0.1) is 0 Å². The Morgan fingerprint density at radius 1 is 0.315 bits per heavy atom. The molecule has 0 atom stereocenters. The first-order valence-electron chi connectivity index (χ1n) is 18.4. The van der Waals surface area contributed by atoms with Crippen molar-refractivity contribution in [1.29, 1.82) is 0 Å². The van der Waals surface area contributed by atoms with Crippen LogP contribution in [0.4, 0.5) is 17.1 Å². The van der Waals surface area contributed by atoms with Gasteiger partial charge in [-0.3, -0.25) is 0 Å². The molecule has 0 bridgehead atoms. The van der Waals surface area contributed by atoms with E-state index < -0.39 is 0 Å². The maximum Gasteiger partial charge on any atom is 0.0788 e. The molecule has 0 spiro atoms. The van der Waals surface area contributed by atoms with Gasteiger partial charge >= 0.3 is 0 Å². The first-order valence-corrected chi connectivity index (χ1v) is 18.4. The first-order chi connectivity index (χ1) is 26.8. The fraction of sp³-hybridized carbons (Fsp3) is 0. The zero-order valence-corrected chi connectivity index (χ0v) is 29.4. The van der Waals surface area contributed by atoms with Crippen LogP contribution >= 0.6 is 0 Å². The molecule has 4 nitrogen and oxygen atoms in total. The predicted octanol–water partition coefficient (Wildman–Crippen LogP) is 13.3. The highest BCUT2D eigenvalue weighted by molar-refractivity contribution is 6.18. The topological polar surface area (TPSA) is 18.0 Å². The third-order valence-electron chi connectivity index (χ3n) is 10.8.